The van der Waals surface area contributed by atoms with Gasteiger partial charge in [0.2, 0.25) is 11.2 Å². The molecule has 2 N–H and O–H groups in total. The smallest absolute Gasteiger partial charge is 0.265 e. The lowest BCUT2D eigenvalue weighted by molar-refractivity contribution is 0.0690. The Bertz CT molecular complexity index is 780. The Morgan fingerprint density at radius 1 is 1.39 bits per heavy atom. The van der Waals surface area contributed by atoms with Crippen LogP contribution in [0.1, 0.15) is 6.42 Å². The van der Waals surface area contributed by atoms with Crippen LogP contribution in [-0.2, 0) is 4.74 Å². The Kier molecular flexibility index (Phi) is 4.96. The molecule has 1 aliphatic heterocycles. The van der Waals surface area contributed by atoms with Crippen molar-refractivity contribution in [1.82, 2.24) is 20.3 Å². The molecule has 124 valence electrons. The molecule has 2 aromatic rings. The molecule has 0 bridgehead atoms. The number of nitrogens with zero attached hydrogens (tertiary/aromatic N) is 2. The number of hydrogen-bond acceptors (Lipinski definition) is 6. The van der Waals surface area contributed by atoms with E-state index in [9.17, 15) is 9.18 Å². The predicted molar refractivity (Wildman–Crippen MR) is 82.9 cm³/mol. The van der Waals surface area contributed by atoms with Gasteiger partial charge in [0.1, 0.15) is 10.9 Å². The summed E-state index contributed by atoms with van der Waals surface area (Å²) in [5.41, 5.74) is -0.912. The number of hydrogen-bond donors (Lipinski definition) is 2. The highest BCUT2D eigenvalue weighted by molar-refractivity contribution is 6.30. The second-order valence-electron chi connectivity index (χ2n) is 4.97. The molecule has 2 aromatic heterocycles. The van der Waals surface area contributed by atoms with Crippen LogP contribution in [-0.4, -0.2) is 47.4 Å². The monoisotopic (exact) mass is 362 g/mol. The summed E-state index contributed by atoms with van der Waals surface area (Å²) in [6, 6.07) is 0.150. The second-order valence-corrected chi connectivity index (χ2v) is 5.68. The second kappa shape index (κ2) is 6.96. The predicted octanol–water partition coefficient (Wildman–Crippen LogP) is 1.52. The maximum atomic E-state index is 14.0. The quantitative estimate of drug-likeness (QED) is 0.633. The number of pyridine rings is 1. The summed E-state index contributed by atoms with van der Waals surface area (Å²) in [6.45, 7) is 2.29. The van der Waals surface area contributed by atoms with Gasteiger partial charge in [0, 0.05) is 12.6 Å². The number of fused-ring (bicyclic) bond motifs is 1. The van der Waals surface area contributed by atoms with Gasteiger partial charge in [-0.05, 0) is 18.0 Å². The lowest BCUT2D eigenvalue weighted by atomic mass is 10.2. The third kappa shape index (κ3) is 3.55. The maximum Gasteiger partial charge on any atom is 0.265 e. The van der Waals surface area contributed by atoms with E-state index < -0.39 is 16.5 Å². The number of nitrogens with one attached hydrogen (secondary N) is 2. The lowest BCUT2D eigenvalue weighted by Gasteiger charge is -2.23. The molecule has 0 aliphatic carbocycles. The highest BCUT2D eigenvalue weighted by Crippen LogP contribution is 2.27. The van der Waals surface area contributed by atoms with Gasteiger partial charge in [0.25, 0.3) is 5.56 Å². The highest BCUT2D eigenvalue weighted by atomic mass is 35.5. The van der Waals surface area contributed by atoms with E-state index in [0.717, 1.165) is 6.54 Å². The lowest BCUT2D eigenvalue weighted by Crippen LogP contribution is -2.42. The first kappa shape index (κ1) is 16.4. The van der Waals surface area contributed by atoms with Gasteiger partial charge in [0.15, 0.2) is 11.0 Å². The topological polar surface area (TPSA) is 89.1 Å². The summed E-state index contributed by atoms with van der Waals surface area (Å²) in [4.78, 5) is 21.8. The maximum absolute atomic E-state index is 14.0. The van der Waals surface area contributed by atoms with Crippen LogP contribution in [0.4, 0.5) is 4.39 Å². The van der Waals surface area contributed by atoms with Gasteiger partial charge >= 0.3 is 0 Å². The normalized spacial score (nSPS) is 18.3. The number of halogens is 3. The Morgan fingerprint density at radius 3 is 2.96 bits per heavy atom. The molecule has 1 saturated heterocycles. The van der Waals surface area contributed by atoms with Crippen LogP contribution in [0, 0.1) is 5.82 Å². The van der Waals surface area contributed by atoms with Crippen LogP contribution in [0.15, 0.2) is 4.79 Å². The van der Waals surface area contributed by atoms with Gasteiger partial charge in [-0.15, -0.1) is 0 Å². The summed E-state index contributed by atoms with van der Waals surface area (Å²) in [5, 5.41) is 2.48. The van der Waals surface area contributed by atoms with Crippen molar-refractivity contribution in [2.75, 3.05) is 26.4 Å². The van der Waals surface area contributed by atoms with Gasteiger partial charge < -0.3 is 14.8 Å². The third-order valence-corrected chi connectivity index (χ3v) is 3.83. The first-order valence-electron chi connectivity index (χ1n) is 6.94. The molecule has 23 heavy (non-hydrogen) atoms. The number of aromatic nitrogens is 3. The zero-order valence-electron chi connectivity index (χ0n) is 11.9. The van der Waals surface area contributed by atoms with E-state index in [1.54, 1.807) is 0 Å². The third-order valence-electron chi connectivity index (χ3n) is 3.40. The molecule has 0 spiro atoms. The largest absolute Gasteiger partial charge is 0.477 e. The number of aromatic amines is 1. The molecule has 10 heteroatoms. The van der Waals surface area contributed by atoms with Crippen LogP contribution >= 0.6 is 23.2 Å². The molecule has 0 radical (unpaired) electrons. The molecule has 0 amide bonds. The molecule has 1 aliphatic rings. The molecule has 7 nitrogen and oxygen atoms in total. The number of H-pyrrole nitrogens is 1. The van der Waals surface area contributed by atoms with Crippen molar-refractivity contribution < 1.29 is 13.9 Å². The molecule has 0 saturated carbocycles. The number of rotatable bonds is 4. The minimum absolute atomic E-state index is 0.0754. The van der Waals surface area contributed by atoms with E-state index in [2.05, 4.69) is 20.3 Å². The van der Waals surface area contributed by atoms with Crippen molar-refractivity contribution in [1.29, 1.82) is 0 Å². The average molecular weight is 363 g/mol. The summed E-state index contributed by atoms with van der Waals surface area (Å²) in [6.07, 6.45) is 0.636. The zero-order valence-corrected chi connectivity index (χ0v) is 13.4. The Morgan fingerprint density at radius 2 is 2.22 bits per heavy atom. The SMILES string of the molecule is O=c1[nH]c(Cl)nc2c(F)c(Cl)nc(OCCC3COCCN3)c12. The van der Waals surface area contributed by atoms with Crippen LogP contribution < -0.4 is 15.6 Å². The van der Waals surface area contributed by atoms with Crippen molar-refractivity contribution in [2.45, 2.75) is 12.5 Å². The molecular formula is C13H13Cl2FN4O3. The first-order valence-corrected chi connectivity index (χ1v) is 7.70. The summed E-state index contributed by atoms with van der Waals surface area (Å²) in [7, 11) is 0. The van der Waals surface area contributed by atoms with Crippen LogP contribution in [0.2, 0.25) is 10.4 Å². The summed E-state index contributed by atoms with van der Waals surface area (Å²) in [5.74, 6) is -0.988. The molecule has 1 fully saturated rings. The van der Waals surface area contributed by atoms with E-state index in [1.165, 1.54) is 0 Å². The van der Waals surface area contributed by atoms with Gasteiger partial charge in [-0.3, -0.25) is 9.78 Å². The van der Waals surface area contributed by atoms with Gasteiger partial charge in [-0.25, -0.2) is 9.37 Å². The first-order chi connectivity index (χ1) is 11.1. The number of ether oxygens (including phenoxy) is 2. The van der Waals surface area contributed by atoms with E-state index in [0.29, 0.717) is 19.6 Å². The van der Waals surface area contributed by atoms with E-state index >= 15 is 0 Å². The van der Waals surface area contributed by atoms with Crippen LogP contribution in [0.25, 0.3) is 10.9 Å². The van der Waals surface area contributed by atoms with Crippen LogP contribution in [0.3, 0.4) is 0 Å². The average Bonchev–Trinajstić information content (AvgIpc) is 2.52. The van der Waals surface area contributed by atoms with Gasteiger partial charge in [-0.1, -0.05) is 11.6 Å². The van der Waals surface area contributed by atoms with Crippen molar-refractivity contribution in [3.05, 3.63) is 26.6 Å². The molecule has 3 rings (SSSR count). The summed E-state index contributed by atoms with van der Waals surface area (Å²) >= 11 is 11.4. The zero-order chi connectivity index (χ0) is 16.4. The van der Waals surface area contributed by atoms with E-state index in [4.69, 9.17) is 32.7 Å². The molecule has 1 atom stereocenters. The molecular weight excluding hydrogens is 350 g/mol. The van der Waals surface area contributed by atoms with Crippen LogP contribution in [0.5, 0.6) is 5.88 Å². The van der Waals surface area contributed by atoms with Crippen molar-refractivity contribution in [2.24, 2.45) is 0 Å². The van der Waals surface area contributed by atoms with Crippen molar-refractivity contribution >= 4 is 34.1 Å². The minimum atomic E-state index is -0.913. The molecule has 1 unspecified atom stereocenters. The Hall–Kier alpha value is -1.48. The standard InChI is InChI=1S/C13H13Cl2FN4O3/c14-10-8(16)9-7(11(21)20-13(15)18-9)12(19-10)23-3-1-6-5-22-4-2-17-6/h6,17H,1-5H2,(H,18,20,21). The fourth-order valence-corrected chi connectivity index (χ4v) is 2.64. The van der Waals surface area contributed by atoms with Gasteiger partial charge in [0.05, 0.1) is 19.8 Å². The van der Waals surface area contributed by atoms with Gasteiger partial charge in [-0.2, -0.15) is 4.98 Å². The molecule has 0 aromatic carbocycles. The van der Waals surface area contributed by atoms with Crippen molar-refractivity contribution in [3.8, 4) is 5.88 Å². The highest BCUT2D eigenvalue weighted by Gasteiger charge is 2.20. The number of morpholine rings is 1. The van der Waals surface area contributed by atoms with Crippen molar-refractivity contribution in [3.63, 3.8) is 0 Å². The Balaban J connectivity index is 1.85. The molecule has 3 heterocycles. The summed E-state index contributed by atoms with van der Waals surface area (Å²) < 4.78 is 24.9. The van der Waals surface area contributed by atoms with E-state index in [-0.39, 0.29) is 34.7 Å². The minimum Gasteiger partial charge on any atom is -0.477 e. The Labute approximate surface area is 140 Å². The fraction of sp³-hybridized carbons (Fsp3) is 0.462. The fourth-order valence-electron chi connectivity index (χ4n) is 2.30. The van der Waals surface area contributed by atoms with E-state index in [1.807, 2.05) is 0 Å².